The summed E-state index contributed by atoms with van der Waals surface area (Å²) in [7, 11) is 0. The van der Waals surface area contributed by atoms with Gasteiger partial charge in [-0.1, -0.05) is 18.5 Å². The molecule has 17 heavy (non-hydrogen) atoms. The van der Waals surface area contributed by atoms with Crippen LogP contribution < -0.4 is 5.73 Å². The maximum Gasteiger partial charge on any atom is 0.0903 e. The lowest BCUT2D eigenvalue weighted by molar-refractivity contribution is -0.0402. The highest BCUT2D eigenvalue weighted by Crippen LogP contribution is 2.31. The molecule has 1 aromatic rings. The van der Waals surface area contributed by atoms with E-state index in [1.165, 1.54) is 6.42 Å². The van der Waals surface area contributed by atoms with Crippen LogP contribution in [0.4, 0.5) is 0 Å². The van der Waals surface area contributed by atoms with Crippen LogP contribution in [-0.2, 0) is 4.74 Å². The van der Waals surface area contributed by atoms with Gasteiger partial charge < -0.3 is 10.5 Å². The Morgan fingerprint density at radius 2 is 2.53 bits per heavy atom. The van der Waals surface area contributed by atoms with Crippen molar-refractivity contribution in [2.75, 3.05) is 26.2 Å². The van der Waals surface area contributed by atoms with E-state index >= 15 is 0 Å². The maximum atomic E-state index is 6.25. The summed E-state index contributed by atoms with van der Waals surface area (Å²) in [6, 6.07) is 1.79. The Balaban J connectivity index is 1.99. The molecule has 0 aliphatic carbocycles. The highest BCUT2D eigenvalue weighted by atomic mass is 35.5. The van der Waals surface area contributed by atoms with E-state index in [9.17, 15) is 0 Å². The van der Waals surface area contributed by atoms with Crippen LogP contribution in [0.3, 0.4) is 0 Å². The zero-order valence-electron chi connectivity index (χ0n) is 10.1. The maximum absolute atomic E-state index is 6.25. The van der Waals surface area contributed by atoms with Crippen LogP contribution in [0, 0.1) is 0 Å². The lowest BCUT2D eigenvalue weighted by atomic mass is 10.1. The van der Waals surface area contributed by atoms with E-state index in [2.05, 4.69) is 11.8 Å². The number of halogens is 1. The molecule has 0 bridgehead atoms. The molecule has 0 amide bonds. The van der Waals surface area contributed by atoms with Gasteiger partial charge in [0.25, 0.3) is 0 Å². The second kappa shape index (κ2) is 6.16. The molecule has 1 aliphatic rings. The van der Waals surface area contributed by atoms with Crippen molar-refractivity contribution in [1.29, 1.82) is 0 Å². The van der Waals surface area contributed by atoms with Gasteiger partial charge in [0.05, 0.1) is 23.8 Å². The van der Waals surface area contributed by atoms with Gasteiger partial charge in [-0.25, -0.2) is 0 Å². The van der Waals surface area contributed by atoms with Crippen molar-refractivity contribution in [3.63, 3.8) is 0 Å². The van der Waals surface area contributed by atoms with Gasteiger partial charge in [0.1, 0.15) is 0 Å². The molecular formula is C12H19ClN2OS. The third-order valence-corrected chi connectivity index (χ3v) is 4.53. The van der Waals surface area contributed by atoms with E-state index in [4.69, 9.17) is 22.1 Å². The van der Waals surface area contributed by atoms with Crippen molar-refractivity contribution < 1.29 is 4.74 Å². The molecule has 1 saturated heterocycles. The van der Waals surface area contributed by atoms with E-state index in [0.29, 0.717) is 0 Å². The molecule has 2 heterocycles. The van der Waals surface area contributed by atoms with Gasteiger partial charge in [0.2, 0.25) is 0 Å². The second-order valence-corrected chi connectivity index (χ2v) is 5.72. The van der Waals surface area contributed by atoms with E-state index < -0.39 is 0 Å². The SMILES string of the molecule is CCCN1CCOC(C(N)c2sccc2Cl)C1. The van der Waals surface area contributed by atoms with Crippen LogP contribution in [-0.4, -0.2) is 37.2 Å². The molecule has 0 spiro atoms. The average Bonchev–Trinajstić information content (AvgIpc) is 2.75. The molecule has 2 N–H and O–H groups in total. The summed E-state index contributed by atoms with van der Waals surface area (Å²) < 4.78 is 5.78. The van der Waals surface area contributed by atoms with E-state index in [1.54, 1.807) is 11.3 Å². The molecule has 1 aromatic heterocycles. The van der Waals surface area contributed by atoms with Gasteiger partial charge in [-0.2, -0.15) is 0 Å². The quantitative estimate of drug-likeness (QED) is 0.917. The number of ether oxygens (including phenoxy) is 1. The van der Waals surface area contributed by atoms with Gasteiger partial charge in [0.15, 0.2) is 0 Å². The van der Waals surface area contributed by atoms with Crippen molar-refractivity contribution in [2.45, 2.75) is 25.5 Å². The zero-order valence-corrected chi connectivity index (χ0v) is 11.6. The third-order valence-electron chi connectivity index (χ3n) is 3.07. The largest absolute Gasteiger partial charge is 0.374 e. The monoisotopic (exact) mass is 274 g/mol. The minimum atomic E-state index is -0.109. The molecule has 5 heteroatoms. The van der Waals surface area contributed by atoms with Crippen molar-refractivity contribution in [3.05, 3.63) is 21.3 Å². The minimum Gasteiger partial charge on any atom is -0.374 e. The predicted octanol–water partition coefficient (Wildman–Crippen LogP) is 2.51. The Hall–Kier alpha value is -0.130. The van der Waals surface area contributed by atoms with Crippen LogP contribution in [0.15, 0.2) is 11.4 Å². The summed E-state index contributed by atoms with van der Waals surface area (Å²) in [6.45, 7) is 5.99. The first-order valence-electron chi connectivity index (χ1n) is 6.04. The first-order valence-corrected chi connectivity index (χ1v) is 7.30. The summed E-state index contributed by atoms with van der Waals surface area (Å²) in [5.74, 6) is 0. The Morgan fingerprint density at radius 3 is 3.18 bits per heavy atom. The number of thiophene rings is 1. The summed E-state index contributed by atoms with van der Waals surface area (Å²) in [5, 5.41) is 2.74. The molecule has 3 nitrogen and oxygen atoms in total. The van der Waals surface area contributed by atoms with Crippen LogP contribution >= 0.6 is 22.9 Å². The molecule has 1 fully saturated rings. The molecule has 2 unspecified atom stereocenters. The van der Waals surface area contributed by atoms with Crippen molar-refractivity contribution in [3.8, 4) is 0 Å². The highest BCUT2D eigenvalue weighted by molar-refractivity contribution is 7.10. The predicted molar refractivity (Wildman–Crippen MR) is 72.7 cm³/mol. The summed E-state index contributed by atoms with van der Waals surface area (Å²) in [5.41, 5.74) is 6.25. The smallest absolute Gasteiger partial charge is 0.0903 e. The Morgan fingerprint density at radius 1 is 1.71 bits per heavy atom. The Kier molecular flexibility index (Phi) is 4.82. The fraction of sp³-hybridized carbons (Fsp3) is 0.667. The lowest BCUT2D eigenvalue weighted by Gasteiger charge is -2.35. The molecule has 2 atom stereocenters. The molecule has 0 saturated carbocycles. The number of nitrogens with two attached hydrogens (primary N) is 1. The third kappa shape index (κ3) is 3.20. The Labute approximate surface area is 112 Å². The first kappa shape index (κ1) is 13.3. The zero-order chi connectivity index (χ0) is 12.3. The molecule has 96 valence electrons. The van der Waals surface area contributed by atoms with Crippen molar-refractivity contribution in [1.82, 2.24) is 4.90 Å². The summed E-state index contributed by atoms with van der Waals surface area (Å²) >= 11 is 7.72. The molecule has 0 aromatic carbocycles. The number of morpholine rings is 1. The fourth-order valence-corrected chi connectivity index (χ4v) is 3.42. The van der Waals surface area contributed by atoms with Gasteiger partial charge in [-0.05, 0) is 24.4 Å². The van der Waals surface area contributed by atoms with Gasteiger partial charge in [0, 0.05) is 18.0 Å². The number of hydrogen-bond donors (Lipinski definition) is 1. The van der Waals surface area contributed by atoms with Gasteiger partial charge in [-0.3, -0.25) is 4.90 Å². The van der Waals surface area contributed by atoms with Crippen molar-refractivity contribution in [2.24, 2.45) is 5.73 Å². The van der Waals surface area contributed by atoms with Gasteiger partial charge >= 0.3 is 0 Å². The molecule has 0 radical (unpaired) electrons. The van der Waals surface area contributed by atoms with Crippen LogP contribution in [0.2, 0.25) is 5.02 Å². The topological polar surface area (TPSA) is 38.5 Å². The molecule has 2 rings (SSSR count). The average molecular weight is 275 g/mol. The summed E-state index contributed by atoms with van der Waals surface area (Å²) in [6.07, 6.45) is 1.23. The first-order chi connectivity index (χ1) is 8.22. The number of rotatable bonds is 4. The normalized spacial score (nSPS) is 23.8. The highest BCUT2D eigenvalue weighted by Gasteiger charge is 2.28. The minimum absolute atomic E-state index is 0.0615. The number of nitrogens with zero attached hydrogens (tertiary/aromatic N) is 1. The van der Waals surface area contributed by atoms with E-state index in [0.717, 1.165) is 36.1 Å². The molecule has 1 aliphatic heterocycles. The van der Waals surface area contributed by atoms with E-state index in [-0.39, 0.29) is 12.1 Å². The molecular weight excluding hydrogens is 256 g/mol. The number of hydrogen-bond acceptors (Lipinski definition) is 4. The van der Waals surface area contributed by atoms with Crippen LogP contribution in [0.5, 0.6) is 0 Å². The fourth-order valence-electron chi connectivity index (χ4n) is 2.18. The lowest BCUT2D eigenvalue weighted by Crippen LogP contribution is -2.47. The van der Waals surface area contributed by atoms with Crippen LogP contribution in [0.1, 0.15) is 24.3 Å². The standard InChI is InChI=1S/C12H19ClN2OS/c1-2-4-15-5-6-16-10(8-15)11(14)12-9(13)3-7-17-12/h3,7,10-11H,2,4-6,8,14H2,1H3. The summed E-state index contributed by atoms with van der Waals surface area (Å²) in [4.78, 5) is 3.45. The Bertz CT molecular complexity index is 356. The second-order valence-electron chi connectivity index (χ2n) is 4.37. The van der Waals surface area contributed by atoms with Crippen molar-refractivity contribution >= 4 is 22.9 Å². The van der Waals surface area contributed by atoms with Crippen LogP contribution in [0.25, 0.3) is 0 Å². The van der Waals surface area contributed by atoms with E-state index in [1.807, 2.05) is 11.4 Å². The van der Waals surface area contributed by atoms with Gasteiger partial charge in [-0.15, -0.1) is 11.3 Å².